The monoisotopic (exact) mass is 345 g/mol. The van der Waals surface area contributed by atoms with Gasteiger partial charge in [0.15, 0.2) is 4.67 Å². The van der Waals surface area contributed by atoms with E-state index in [0.717, 1.165) is 0 Å². The Labute approximate surface area is 119 Å². The molecule has 2 N–H and O–H groups in total. The molecule has 20 heavy (non-hydrogen) atoms. The van der Waals surface area contributed by atoms with Crippen molar-refractivity contribution in [2.75, 3.05) is 5.32 Å². The van der Waals surface area contributed by atoms with E-state index in [2.05, 4.69) is 21.2 Å². The van der Waals surface area contributed by atoms with Gasteiger partial charge in [-0.2, -0.15) is 0 Å². The number of hydrogen-bond acceptors (Lipinski definition) is 3. The lowest BCUT2D eigenvalue weighted by molar-refractivity contribution is 0.0691. The molecule has 0 atom stereocenters. The van der Waals surface area contributed by atoms with Gasteiger partial charge in [0.1, 0.15) is 11.6 Å². The van der Waals surface area contributed by atoms with Gasteiger partial charge in [-0.05, 0) is 28.1 Å². The minimum atomic E-state index is -1.57. The summed E-state index contributed by atoms with van der Waals surface area (Å²) in [5, 5.41) is 10.9. The maximum atomic E-state index is 13.5. The molecule has 0 fully saturated rings. The van der Waals surface area contributed by atoms with Gasteiger partial charge in [0.05, 0.1) is 23.1 Å². The summed E-state index contributed by atoms with van der Waals surface area (Å²) in [5.41, 5.74) is -1.10. The Hall–Kier alpha value is -2.22. The number of amides is 1. The molecule has 0 aliphatic carbocycles. The molecule has 0 unspecified atom stereocenters. The van der Waals surface area contributed by atoms with Crippen LogP contribution in [0.15, 0.2) is 33.5 Å². The van der Waals surface area contributed by atoms with Gasteiger partial charge in [-0.15, -0.1) is 0 Å². The molecule has 0 saturated carbocycles. The fourth-order valence-electron chi connectivity index (χ4n) is 1.45. The first-order valence-electron chi connectivity index (χ1n) is 5.17. The average molecular weight is 346 g/mol. The number of hydrogen-bond donors (Lipinski definition) is 2. The molecular weight excluding hydrogens is 340 g/mol. The number of carboxylic acid groups (broad SMARTS) is 1. The van der Waals surface area contributed by atoms with Crippen LogP contribution < -0.4 is 5.32 Å². The second-order valence-electron chi connectivity index (χ2n) is 3.68. The normalized spacial score (nSPS) is 10.3. The number of aromatic carboxylic acids is 1. The van der Waals surface area contributed by atoms with Gasteiger partial charge >= 0.3 is 5.97 Å². The third kappa shape index (κ3) is 2.69. The summed E-state index contributed by atoms with van der Waals surface area (Å²) in [4.78, 5) is 22.6. The van der Waals surface area contributed by atoms with Crippen molar-refractivity contribution in [2.24, 2.45) is 0 Å². The van der Waals surface area contributed by atoms with Crippen LogP contribution in [0.3, 0.4) is 0 Å². The van der Waals surface area contributed by atoms with Crippen LogP contribution in [0, 0.1) is 11.6 Å². The summed E-state index contributed by atoms with van der Waals surface area (Å²) in [6.07, 6.45) is 1.24. The first kappa shape index (κ1) is 14.2. The molecule has 8 heteroatoms. The lowest BCUT2D eigenvalue weighted by Crippen LogP contribution is -2.14. The molecule has 1 aromatic heterocycles. The van der Waals surface area contributed by atoms with E-state index in [4.69, 9.17) is 9.52 Å². The van der Waals surface area contributed by atoms with Crippen LogP contribution in [0.5, 0.6) is 0 Å². The fourth-order valence-corrected chi connectivity index (χ4v) is 1.87. The highest BCUT2D eigenvalue weighted by Gasteiger charge is 2.19. The molecule has 2 rings (SSSR count). The number of carboxylic acids is 1. The minimum Gasteiger partial charge on any atom is -0.478 e. The molecule has 1 amide bonds. The highest BCUT2D eigenvalue weighted by molar-refractivity contribution is 9.10. The van der Waals surface area contributed by atoms with Gasteiger partial charge in [-0.25, -0.2) is 13.6 Å². The lowest BCUT2D eigenvalue weighted by Gasteiger charge is -2.07. The number of furan rings is 1. The van der Waals surface area contributed by atoms with Gasteiger partial charge in [0, 0.05) is 6.07 Å². The molecule has 0 saturated heterocycles. The molecule has 0 bridgehead atoms. The van der Waals surface area contributed by atoms with Gasteiger partial charge in [-0.3, -0.25) is 4.79 Å². The van der Waals surface area contributed by atoms with E-state index < -0.39 is 34.8 Å². The largest absolute Gasteiger partial charge is 0.478 e. The molecule has 0 spiro atoms. The van der Waals surface area contributed by atoms with Crippen molar-refractivity contribution in [1.29, 1.82) is 0 Å². The summed E-state index contributed by atoms with van der Waals surface area (Å²) in [6.45, 7) is 0. The first-order chi connectivity index (χ1) is 9.40. The predicted octanol–water partition coefficient (Wildman–Crippen LogP) is 3.27. The van der Waals surface area contributed by atoms with E-state index in [9.17, 15) is 18.4 Å². The van der Waals surface area contributed by atoms with Crippen molar-refractivity contribution in [2.45, 2.75) is 0 Å². The Balaban J connectivity index is 2.34. The zero-order valence-corrected chi connectivity index (χ0v) is 11.2. The molecule has 1 aromatic carbocycles. The topological polar surface area (TPSA) is 79.5 Å². The maximum Gasteiger partial charge on any atom is 0.338 e. The van der Waals surface area contributed by atoms with Crippen molar-refractivity contribution in [3.05, 3.63) is 51.9 Å². The minimum absolute atomic E-state index is 0.0885. The van der Waals surface area contributed by atoms with Crippen molar-refractivity contribution < 1.29 is 27.9 Å². The lowest BCUT2D eigenvalue weighted by atomic mass is 10.1. The van der Waals surface area contributed by atoms with Gasteiger partial charge < -0.3 is 14.8 Å². The van der Waals surface area contributed by atoms with Gasteiger partial charge in [-0.1, -0.05) is 0 Å². The summed E-state index contributed by atoms with van der Waals surface area (Å²) in [7, 11) is 0. The van der Waals surface area contributed by atoms with E-state index in [1.54, 1.807) is 0 Å². The predicted molar refractivity (Wildman–Crippen MR) is 67.7 cm³/mol. The zero-order valence-electron chi connectivity index (χ0n) is 9.62. The highest BCUT2D eigenvalue weighted by atomic mass is 79.9. The standard InChI is InChI=1S/C12H6BrF2NO4/c13-10-5(1-2-20-10)11(17)16-9-3-6(12(18)19)7(14)4-8(9)15/h1-4H,(H,16,17)(H,18,19). The van der Waals surface area contributed by atoms with E-state index in [-0.39, 0.29) is 10.2 Å². The van der Waals surface area contributed by atoms with Crippen LogP contribution in [0.25, 0.3) is 0 Å². The van der Waals surface area contributed by atoms with E-state index in [1.807, 2.05) is 0 Å². The molecule has 0 radical (unpaired) electrons. The Morgan fingerprint density at radius 1 is 1.20 bits per heavy atom. The van der Waals surface area contributed by atoms with E-state index in [0.29, 0.717) is 12.1 Å². The first-order valence-corrected chi connectivity index (χ1v) is 5.96. The number of carbonyl (C=O) groups excluding carboxylic acids is 1. The van der Waals surface area contributed by atoms with Crippen LogP contribution in [0.2, 0.25) is 0 Å². The fraction of sp³-hybridized carbons (Fsp3) is 0. The molecular formula is C12H6BrF2NO4. The molecule has 2 aromatic rings. The molecule has 5 nitrogen and oxygen atoms in total. The Bertz CT molecular complexity index is 699. The maximum absolute atomic E-state index is 13.5. The SMILES string of the molecule is O=C(O)c1cc(NC(=O)c2ccoc2Br)c(F)cc1F. The van der Waals surface area contributed by atoms with Crippen LogP contribution in [0.1, 0.15) is 20.7 Å². The van der Waals surface area contributed by atoms with Crippen molar-refractivity contribution in [3.8, 4) is 0 Å². The summed E-state index contributed by atoms with van der Waals surface area (Å²) in [6, 6.07) is 2.43. The summed E-state index contributed by atoms with van der Waals surface area (Å²) < 4.78 is 31.7. The number of nitrogens with one attached hydrogen (secondary N) is 1. The number of anilines is 1. The van der Waals surface area contributed by atoms with Crippen molar-refractivity contribution in [1.82, 2.24) is 0 Å². The molecule has 1 heterocycles. The number of carbonyl (C=O) groups is 2. The number of halogens is 3. The van der Waals surface area contributed by atoms with Crippen molar-refractivity contribution >= 4 is 33.5 Å². The zero-order chi connectivity index (χ0) is 14.9. The molecule has 0 aliphatic heterocycles. The highest BCUT2D eigenvalue weighted by Crippen LogP contribution is 2.23. The van der Waals surface area contributed by atoms with Crippen molar-refractivity contribution in [3.63, 3.8) is 0 Å². The average Bonchev–Trinajstić information content (AvgIpc) is 2.78. The van der Waals surface area contributed by atoms with Crippen LogP contribution >= 0.6 is 15.9 Å². The second kappa shape index (κ2) is 5.41. The van der Waals surface area contributed by atoms with Gasteiger partial charge in [0.25, 0.3) is 5.91 Å². The van der Waals surface area contributed by atoms with E-state index >= 15 is 0 Å². The van der Waals surface area contributed by atoms with Crippen LogP contribution in [0.4, 0.5) is 14.5 Å². The summed E-state index contributed by atoms with van der Waals surface area (Å²) >= 11 is 2.97. The smallest absolute Gasteiger partial charge is 0.338 e. The van der Waals surface area contributed by atoms with Crippen LogP contribution in [-0.4, -0.2) is 17.0 Å². The Morgan fingerprint density at radius 3 is 2.45 bits per heavy atom. The molecule has 0 aliphatic rings. The Morgan fingerprint density at radius 2 is 1.90 bits per heavy atom. The number of rotatable bonds is 3. The van der Waals surface area contributed by atoms with E-state index in [1.165, 1.54) is 12.3 Å². The second-order valence-corrected chi connectivity index (χ2v) is 4.40. The quantitative estimate of drug-likeness (QED) is 0.894. The van der Waals surface area contributed by atoms with Crippen LogP contribution in [-0.2, 0) is 0 Å². The summed E-state index contributed by atoms with van der Waals surface area (Å²) in [5.74, 6) is -4.60. The third-order valence-corrected chi connectivity index (χ3v) is 3.01. The molecule has 104 valence electrons. The third-order valence-electron chi connectivity index (χ3n) is 2.40. The Kier molecular flexibility index (Phi) is 3.84. The van der Waals surface area contributed by atoms with Gasteiger partial charge in [0.2, 0.25) is 0 Å². The number of benzene rings is 1.